The Morgan fingerprint density at radius 1 is 1.19 bits per heavy atom. The number of esters is 2. The number of aliphatic hydroxyl groups excluding tert-OH is 1. The lowest BCUT2D eigenvalue weighted by Gasteiger charge is -2.59. The molecule has 3 saturated heterocycles. The monoisotopic (exact) mass is 504 g/mol. The van der Waals surface area contributed by atoms with Gasteiger partial charge in [0.2, 0.25) is 0 Å². The minimum atomic E-state index is -1.17. The van der Waals surface area contributed by atoms with Gasteiger partial charge in [-0.15, -0.1) is 0 Å². The first-order valence-corrected chi connectivity index (χ1v) is 13.2. The van der Waals surface area contributed by atoms with E-state index in [0.29, 0.717) is 19.3 Å². The van der Waals surface area contributed by atoms with E-state index >= 15 is 0 Å². The van der Waals surface area contributed by atoms with Crippen LogP contribution in [0, 0.1) is 53.3 Å². The van der Waals surface area contributed by atoms with Crippen molar-refractivity contribution >= 4 is 17.9 Å². The fourth-order valence-electron chi connectivity index (χ4n) is 9.45. The Labute approximate surface area is 210 Å². The van der Waals surface area contributed by atoms with E-state index in [2.05, 4.69) is 6.92 Å². The first-order chi connectivity index (χ1) is 16.9. The Hall–Kier alpha value is -1.97. The van der Waals surface area contributed by atoms with E-state index in [1.54, 1.807) is 13.2 Å². The molecule has 3 aliphatic carbocycles. The molecule has 0 aromatic rings. The minimum absolute atomic E-state index is 0.103. The molecule has 9 heteroatoms. The van der Waals surface area contributed by atoms with Gasteiger partial charge in [-0.25, -0.2) is 4.79 Å². The van der Waals surface area contributed by atoms with Crippen molar-refractivity contribution in [3.63, 3.8) is 0 Å². The Kier molecular flexibility index (Phi) is 5.26. The third-order valence-corrected chi connectivity index (χ3v) is 10.9. The van der Waals surface area contributed by atoms with Gasteiger partial charge in [-0.2, -0.15) is 0 Å². The molecule has 9 nitrogen and oxygen atoms in total. The summed E-state index contributed by atoms with van der Waals surface area (Å²) in [7, 11) is 1.58. The molecule has 0 amide bonds. The number of hydrogen-bond acceptors (Lipinski definition) is 8. The lowest BCUT2D eigenvalue weighted by atomic mass is 9.59. The Morgan fingerprint density at radius 3 is 2.56 bits per heavy atom. The molecule has 3 aliphatic heterocycles. The first-order valence-electron chi connectivity index (χ1n) is 13.2. The minimum Gasteiger partial charge on any atom is -0.478 e. The van der Waals surface area contributed by atoms with Crippen LogP contribution in [0.25, 0.3) is 0 Å². The van der Waals surface area contributed by atoms with Gasteiger partial charge in [0.1, 0.15) is 18.1 Å². The number of aliphatic carboxylic acids is 1. The highest BCUT2D eigenvalue weighted by Crippen LogP contribution is 2.69. The van der Waals surface area contributed by atoms with E-state index in [1.165, 1.54) is 6.92 Å². The van der Waals surface area contributed by atoms with Gasteiger partial charge in [0, 0.05) is 37.4 Å². The molecule has 0 aromatic carbocycles. The zero-order valence-corrected chi connectivity index (χ0v) is 21.4. The Balaban J connectivity index is 1.53. The molecule has 5 fully saturated rings. The molecule has 6 aliphatic rings. The molecule has 0 spiro atoms. The summed E-state index contributed by atoms with van der Waals surface area (Å²) in [6.45, 7) is 7.23. The van der Waals surface area contributed by atoms with Crippen molar-refractivity contribution in [1.29, 1.82) is 0 Å². The number of carbonyl (C=O) groups excluding carboxylic acids is 2. The van der Waals surface area contributed by atoms with Crippen LogP contribution < -0.4 is 0 Å². The van der Waals surface area contributed by atoms with Crippen LogP contribution in [0.3, 0.4) is 0 Å². The molecule has 3 heterocycles. The fraction of sp³-hybridized carbons (Fsp3) is 0.815. The maximum Gasteiger partial charge on any atom is 0.331 e. The predicted molar refractivity (Wildman–Crippen MR) is 123 cm³/mol. The molecular formula is C27H36O9. The maximum absolute atomic E-state index is 13.7. The standard InChI is InChI=1S/C27H36O9/c1-10-22(29)19-15(23(10)34-12(3)28)8-14(24(30)31)13-9-16-20(18(13)19)21-25(32)35-17-6-7-26(16,4)36-27(21,33-5)11(17)2/h8,10-11,13,15-23,29H,6-7,9H2,1-5H3,(H,30,31)/t10-,11+,13-,15+,16-,17-,18-,19-,20+,21+,22+,23-,26+,27+/m1/s1. The smallest absolute Gasteiger partial charge is 0.331 e. The number of fused-ring (bicyclic) bond motifs is 9. The highest BCUT2D eigenvalue weighted by molar-refractivity contribution is 5.88. The van der Waals surface area contributed by atoms with Gasteiger partial charge in [-0.1, -0.05) is 19.9 Å². The van der Waals surface area contributed by atoms with Crippen molar-refractivity contribution in [2.45, 2.75) is 76.7 Å². The molecule has 14 atom stereocenters. The number of carboxylic acid groups (broad SMARTS) is 1. The summed E-state index contributed by atoms with van der Waals surface area (Å²) in [6, 6.07) is 0. The summed E-state index contributed by atoms with van der Waals surface area (Å²) in [4.78, 5) is 38.2. The SMILES string of the molecule is CO[C@@]12O[C@@]3(C)CC[C@@H](OC(=O)[C@@H]1[C@@H]1[C@H]4[C@@H]5[C@@H](O)[C@@H](C)[C@@H](OC(C)=O)[C@H]5C=C(C(=O)O)[C@H]4C[C@H]13)[C@@H]2C. The van der Waals surface area contributed by atoms with E-state index in [0.717, 1.165) is 0 Å². The van der Waals surface area contributed by atoms with E-state index in [9.17, 15) is 24.6 Å². The molecule has 3 bridgehead atoms. The van der Waals surface area contributed by atoms with Crippen molar-refractivity contribution in [3.05, 3.63) is 11.6 Å². The molecule has 2 saturated carbocycles. The van der Waals surface area contributed by atoms with Gasteiger partial charge in [0.15, 0.2) is 5.79 Å². The molecular weight excluding hydrogens is 468 g/mol. The summed E-state index contributed by atoms with van der Waals surface area (Å²) in [5.41, 5.74) is -0.346. The van der Waals surface area contributed by atoms with E-state index in [4.69, 9.17) is 18.9 Å². The normalized spacial score (nSPS) is 54.5. The number of rotatable bonds is 3. The number of ether oxygens (including phenoxy) is 4. The van der Waals surface area contributed by atoms with Crippen molar-refractivity contribution in [2.24, 2.45) is 53.3 Å². The van der Waals surface area contributed by atoms with Gasteiger partial charge < -0.3 is 29.2 Å². The second-order valence-electron chi connectivity index (χ2n) is 12.2. The number of aliphatic hydroxyl groups is 1. The molecule has 0 aromatic heterocycles. The first kappa shape index (κ1) is 24.4. The number of hydrogen-bond donors (Lipinski definition) is 2. The van der Waals surface area contributed by atoms with Crippen molar-refractivity contribution in [2.75, 3.05) is 7.11 Å². The van der Waals surface area contributed by atoms with Gasteiger partial charge in [0.05, 0.1) is 11.7 Å². The maximum atomic E-state index is 13.7. The van der Waals surface area contributed by atoms with Crippen molar-refractivity contribution in [1.82, 2.24) is 0 Å². The zero-order valence-electron chi connectivity index (χ0n) is 21.4. The topological polar surface area (TPSA) is 129 Å². The van der Waals surface area contributed by atoms with Gasteiger partial charge in [-0.05, 0) is 55.8 Å². The lowest BCUT2D eigenvalue weighted by Crippen LogP contribution is -2.69. The molecule has 0 radical (unpaired) electrons. The van der Waals surface area contributed by atoms with Gasteiger partial charge in [0.25, 0.3) is 0 Å². The van der Waals surface area contributed by atoms with Crippen molar-refractivity contribution < 1.29 is 43.5 Å². The van der Waals surface area contributed by atoms with E-state index < -0.39 is 47.4 Å². The van der Waals surface area contributed by atoms with Crippen molar-refractivity contribution in [3.8, 4) is 0 Å². The van der Waals surface area contributed by atoms with E-state index in [1.807, 2.05) is 13.8 Å². The second kappa shape index (κ2) is 7.77. The average Bonchev–Trinajstić information content (AvgIpc) is 3.31. The summed E-state index contributed by atoms with van der Waals surface area (Å²) < 4.78 is 24.6. The van der Waals surface area contributed by atoms with Crippen LogP contribution in [0.2, 0.25) is 0 Å². The van der Waals surface area contributed by atoms with Crippen LogP contribution in [-0.2, 0) is 33.3 Å². The van der Waals surface area contributed by atoms with Gasteiger partial charge in [-0.3, -0.25) is 9.59 Å². The molecule has 36 heavy (non-hydrogen) atoms. The average molecular weight is 505 g/mol. The Bertz CT molecular complexity index is 1040. The predicted octanol–water partition coefficient (Wildman–Crippen LogP) is 2.16. The summed E-state index contributed by atoms with van der Waals surface area (Å²) in [6.07, 6.45) is 1.85. The quantitative estimate of drug-likeness (QED) is 0.556. The summed E-state index contributed by atoms with van der Waals surface area (Å²) in [5.74, 6) is -6.18. The molecule has 2 N–H and O–H groups in total. The summed E-state index contributed by atoms with van der Waals surface area (Å²) >= 11 is 0. The number of carbonyl (C=O) groups is 3. The van der Waals surface area contributed by atoms with Crippen LogP contribution in [-0.4, -0.2) is 64.9 Å². The molecule has 6 rings (SSSR count). The lowest BCUT2D eigenvalue weighted by molar-refractivity contribution is -0.378. The highest BCUT2D eigenvalue weighted by Gasteiger charge is 2.75. The number of methoxy groups -OCH3 is 1. The zero-order chi connectivity index (χ0) is 25.9. The van der Waals surface area contributed by atoms with Crippen LogP contribution >= 0.6 is 0 Å². The highest BCUT2D eigenvalue weighted by atomic mass is 16.7. The summed E-state index contributed by atoms with van der Waals surface area (Å²) in [5, 5.41) is 21.8. The fourth-order valence-corrected chi connectivity index (χ4v) is 9.45. The molecule has 198 valence electrons. The van der Waals surface area contributed by atoms with Crippen LogP contribution in [0.4, 0.5) is 0 Å². The Morgan fingerprint density at radius 2 is 1.92 bits per heavy atom. The van der Waals surface area contributed by atoms with Crippen LogP contribution in [0.15, 0.2) is 11.6 Å². The third kappa shape index (κ3) is 2.91. The van der Waals surface area contributed by atoms with E-state index in [-0.39, 0.29) is 59.1 Å². The molecule has 0 unspecified atom stereocenters. The van der Waals surface area contributed by atoms with Crippen LogP contribution in [0.1, 0.15) is 47.0 Å². The second-order valence-corrected chi connectivity index (χ2v) is 12.2. The largest absolute Gasteiger partial charge is 0.478 e. The van der Waals surface area contributed by atoms with Crippen LogP contribution in [0.5, 0.6) is 0 Å². The van der Waals surface area contributed by atoms with Gasteiger partial charge >= 0.3 is 17.9 Å². The third-order valence-electron chi connectivity index (χ3n) is 10.9. The number of carboxylic acids is 1.